The average molecular weight is 379 g/mol. The molecule has 2 heterocycles. The summed E-state index contributed by atoms with van der Waals surface area (Å²) in [4.78, 5) is 12.3. The molecule has 1 saturated heterocycles. The van der Waals surface area contributed by atoms with E-state index in [9.17, 15) is 13.2 Å². The molecular formula is C18H25N3O4S. The lowest BCUT2D eigenvalue weighted by Crippen LogP contribution is -2.51. The number of fused-ring (bicyclic) bond motifs is 1. The number of piperidine rings is 1. The molecule has 2 aromatic rings. The van der Waals surface area contributed by atoms with Gasteiger partial charge in [0.05, 0.1) is 12.3 Å². The van der Waals surface area contributed by atoms with Gasteiger partial charge in [-0.1, -0.05) is 18.2 Å². The zero-order chi connectivity index (χ0) is 18.9. The molecular weight excluding hydrogens is 354 g/mol. The SMILES string of the molecule is Cc1c([C@@H](C)NC(=O)NC2CCCN(S(C)(=O)=O)C2)oc2ccccc12. The van der Waals surface area contributed by atoms with E-state index < -0.39 is 10.0 Å². The predicted molar refractivity (Wildman–Crippen MR) is 100 cm³/mol. The van der Waals surface area contributed by atoms with Crippen LogP contribution in [0.3, 0.4) is 0 Å². The highest BCUT2D eigenvalue weighted by atomic mass is 32.2. The molecule has 0 spiro atoms. The van der Waals surface area contributed by atoms with Crippen LogP contribution in [0.2, 0.25) is 0 Å². The number of benzene rings is 1. The zero-order valence-electron chi connectivity index (χ0n) is 15.3. The monoisotopic (exact) mass is 379 g/mol. The van der Waals surface area contributed by atoms with Crippen molar-refractivity contribution in [3.05, 3.63) is 35.6 Å². The van der Waals surface area contributed by atoms with E-state index >= 15 is 0 Å². The fourth-order valence-corrected chi connectivity index (χ4v) is 4.37. The van der Waals surface area contributed by atoms with Crippen molar-refractivity contribution in [2.24, 2.45) is 0 Å². The summed E-state index contributed by atoms with van der Waals surface area (Å²) in [7, 11) is -3.23. The van der Waals surface area contributed by atoms with Crippen LogP contribution in [0, 0.1) is 6.92 Å². The van der Waals surface area contributed by atoms with Crippen molar-refractivity contribution in [1.29, 1.82) is 0 Å². The summed E-state index contributed by atoms with van der Waals surface area (Å²) >= 11 is 0. The van der Waals surface area contributed by atoms with Gasteiger partial charge in [-0.3, -0.25) is 0 Å². The number of carbonyl (C=O) groups is 1. The Hall–Kier alpha value is -2.06. The topological polar surface area (TPSA) is 91.7 Å². The second-order valence-electron chi connectivity index (χ2n) is 6.89. The van der Waals surface area contributed by atoms with E-state index in [-0.39, 0.29) is 18.1 Å². The van der Waals surface area contributed by atoms with Crippen LogP contribution in [0.15, 0.2) is 28.7 Å². The maximum Gasteiger partial charge on any atom is 0.315 e. The molecule has 0 saturated carbocycles. The summed E-state index contributed by atoms with van der Waals surface area (Å²) in [6.07, 6.45) is 2.69. The Morgan fingerprint density at radius 3 is 2.77 bits per heavy atom. The Labute approximate surface area is 153 Å². The number of sulfonamides is 1. The molecule has 1 unspecified atom stereocenters. The lowest BCUT2D eigenvalue weighted by molar-refractivity contribution is 0.222. The molecule has 2 N–H and O–H groups in total. The summed E-state index contributed by atoms with van der Waals surface area (Å²) in [5.74, 6) is 0.725. The van der Waals surface area contributed by atoms with Gasteiger partial charge >= 0.3 is 6.03 Å². The number of nitrogens with zero attached hydrogens (tertiary/aromatic N) is 1. The first-order valence-electron chi connectivity index (χ1n) is 8.76. The third kappa shape index (κ3) is 4.02. The largest absolute Gasteiger partial charge is 0.459 e. The fraction of sp³-hybridized carbons (Fsp3) is 0.500. The van der Waals surface area contributed by atoms with Gasteiger partial charge in [0.1, 0.15) is 11.3 Å². The van der Waals surface area contributed by atoms with Gasteiger partial charge in [-0.05, 0) is 32.8 Å². The third-order valence-corrected chi connectivity index (χ3v) is 6.08. The number of hydrogen-bond acceptors (Lipinski definition) is 4. The minimum absolute atomic E-state index is 0.192. The first kappa shape index (κ1) is 18.7. The molecule has 1 aromatic carbocycles. The van der Waals surface area contributed by atoms with Gasteiger partial charge in [0.15, 0.2) is 0 Å². The molecule has 0 aliphatic carbocycles. The van der Waals surface area contributed by atoms with E-state index in [1.807, 2.05) is 38.1 Å². The molecule has 8 heteroatoms. The number of urea groups is 1. The summed E-state index contributed by atoms with van der Waals surface area (Å²) < 4.78 is 30.7. The maximum absolute atomic E-state index is 12.3. The van der Waals surface area contributed by atoms with Crippen molar-refractivity contribution in [2.45, 2.75) is 38.8 Å². The van der Waals surface area contributed by atoms with Crippen LogP contribution in [0.1, 0.15) is 37.1 Å². The van der Waals surface area contributed by atoms with E-state index in [1.165, 1.54) is 10.6 Å². The summed E-state index contributed by atoms with van der Waals surface area (Å²) in [6.45, 7) is 4.66. The van der Waals surface area contributed by atoms with Crippen molar-refractivity contribution in [3.8, 4) is 0 Å². The van der Waals surface area contributed by atoms with Crippen LogP contribution in [0.4, 0.5) is 4.79 Å². The van der Waals surface area contributed by atoms with Crippen molar-refractivity contribution in [3.63, 3.8) is 0 Å². The summed E-state index contributed by atoms with van der Waals surface area (Å²) in [6, 6.07) is 6.95. The van der Waals surface area contributed by atoms with Crippen molar-refractivity contribution >= 4 is 27.0 Å². The Morgan fingerprint density at radius 1 is 1.35 bits per heavy atom. The van der Waals surface area contributed by atoms with Crippen LogP contribution in [-0.4, -0.2) is 44.1 Å². The average Bonchev–Trinajstić information content (AvgIpc) is 2.92. The lowest BCUT2D eigenvalue weighted by atomic mass is 10.1. The normalized spacial score (nSPS) is 20.0. The van der Waals surface area contributed by atoms with Crippen LogP contribution in [-0.2, 0) is 10.0 Å². The van der Waals surface area contributed by atoms with Crippen LogP contribution in [0.5, 0.6) is 0 Å². The fourth-order valence-electron chi connectivity index (χ4n) is 3.46. The Bertz CT molecular complexity index is 906. The van der Waals surface area contributed by atoms with Crippen LogP contribution >= 0.6 is 0 Å². The second-order valence-corrected chi connectivity index (χ2v) is 8.87. The van der Waals surface area contributed by atoms with Gasteiger partial charge in [0.25, 0.3) is 0 Å². The van der Waals surface area contributed by atoms with E-state index in [1.54, 1.807) is 0 Å². The number of rotatable bonds is 4. The third-order valence-electron chi connectivity index (χ3n) is 4.81. The number of para-hydroxylation sites is 1. The molecule has 1 aliphatic heterocycles. The molecule has 1 aromatic heterocycles. The van der Waals surface area contributed by atoms with Crippen LogP contribution in [0.25, 0.3) is 11.0 Å². The molecule has 1 aliphatic rings. The Kier molecular flexibility index (Phi) is 5.24. The molecule has 2 amide bonds. The van der Waals surface area contributed by atoms with E-state index in [4.69, 9.17) is 4.42 Å². The smallest absolute Gasteiger partial charge is 0.315 e. The standard InChI is InChI=1S/C18H25N3O4S/c1-12-15-8-4-5-9-16(15)25-17(12)13(2)19-18(22)20-14-7-6-10-21(11-14)26(3,23)24/h4-5,8-9,13-14H,6-7,10-11H2,1-3H3,(H2,19,20,22)/t13-,14?/m1/s1. The van der Waals surface area contributed by atoms with Crippen molar-refractivity contribution < 1.29 is 17.6 Å². The minimum Gasteiger partial charge on any atom is -0.459 e. The Balaban J connectivity index is 1.63. The Morgan fingerprint density at radius 2 is 2.08 bits per heavy atom. The van der Waals surface area contributed by atoms with Gasteiger partial charge in [-0.25, -0.2) is 17.5 Å². The lowest BCUT2D eigenvalue weighted by Gasteiger charge is -2.31. The number of amides is 2. The molecule has 0 bridgehead atoms. The van der Waals surface area contributed by atoms with Crippen LogP contribution < -0.4 is 10.6 Å². The van der Waals surface area contributed by atoms with E-state index in [2.05, 4.69) is 10.6 Å². The molecule has 7 nitrogen and oxygen atoms in total. The first-order chi connectivity index (χ1) is 12.3. The highest BCUT2D eigenvalue weighted by molar-refractivity contribution is 7.88. The first-order valence-corrected chi connectivity index (χ1v) is 10.6. The predicted octanol–water partition coefficient (Wildman–Crippen LogP) is 2.53. The molecule has 1 fully saturated rings. The van der Waals surface area contributed by atoms with Gasteiger partial charge < -0.3 is 15.1 Å². The number of hydrogen-bond donors (Lipinski definition) is 2. The van der Waals surface area contributed by atoms with Crippen molar-refractivity contribution in [1.82, 2.24) is 14.9 Å². The highest BCUT2D eigenvalue weighted by Gasteiger charge is 2.27. The van der Waals surface area contributed by atoms with Gasteiger partial charge in [0, 0.05) is 30.1 Å². The number of nitrogens with one attached hydrogen (secondary N) is 2. The van der Waals surface area contributed by atoms with Gasteiger partial charge in [0.2, 0.25) is 10.0 Å². The number of carbonyl (C=O) groups excluding carboxylic acids is 1. The van der Waals surface area contributed by atoms with E-state index in [0.29, 0.717) is 13.1 Å². The van der Waals surface area contributed by atoms with Crippen molar-refractivity contribution in [2.75, 3.05) is 19.3 Å². The number of furan rings is 1. The highest BCUT2D eigenvalue weighted by Crippen LogP contribution is 2.29. The van der Waals surface area contributed by atoms with Gasteiger partial charge in [-0.2, -0.15) is 0 Å². The molecule has 2 atom stereocenters. The summed E-state index contributed by atoms with van der Waals surface area (Å²) in [5, 5.41) is 6.80. The van der Waals surface area contributed by atoms with Gasteiger partial charge in [-0.15, -0.1) is 0 Å². The zero-order valence-corrected chi connectivity index (χ0v) is 16.1. The summed E-state index contributed by atoms with van der Waals surface area (Å²) in [5.41, 5.74) is 1.81. The van der Waals surface area contributed by atoms with E-state index in [0.717, 1.165) is 35.1 Å². The number of aryl methyl sites for hydroxylation is 1. The maximum atomic E-state index is 12.3. The minimum atomic E-state index is -3.23. The molecule has 142 valence electrons. The second kappa shape index (κ2) is 7.28. The quantitative estimate of drug-likeness (QED) is 0.854. The molecule has 0 radical (unpaired) electrons. The molecule has 3 rings (SSSR count). The molecule has 26 heavy (non-hydrogen) atoms.